The molecule has 0 amide bonds. The second-order valence-corrected chi connectivity index (χ2v) is 5.29. The molecule has 2 heterocycles. The largest absolute Gasteiger partial charge is 0.314 e. The van der Waals surface area contributed by atoms with Crippen LogP contribution in [0.4, 0.5) is 0 Å². The molecule has 0 spiro atoms. The van der Waals surface area contributed by atoms with E-state index in [1.165, 1.54) is 31.5 Å². The maximum absolute atomic E-state index is 4.32. The van der Waals surface area contributed by atoms with E-state index in [1.807, 2.05) is 10.9 Å². The normalized spacial score (nSPS) is 20.6. The SMILES string of the molecule is CCn1cc(CN2CCC(C)(NC)CC2)cn1. The van der Waals surface area contributed by atoms with Crippen molar-refractivity contribution in [2.24, 2.45) is 0 Å². The van der Waals surface area contributed by atoms with Crippen LogP contribution in [0.1, 0.15) is 32.3 Å². The molecule has 1 aliphatic heterocycles. The molecule has 1 N–H and O–H groups in total. The highest BCUT2D eigenvalue weighted by Crippen LogP contribution is 2.22. The van der Waals surface area contributed by atoms with Gasteiger partial charge in [0.1, 0.15) is 0 Å². The highest BCUT2D eigenvalue weighted by Gasteiger charge is 2.28. The first-order chi connectivity index (χ1) is 8.15. The number of nitrogens with one attached hydrogen (secondary N) is 1. The zero-order valence-electron chi connectivity index (χ0n) is 11.2. The predicted octanol–water partition coefficient (Wildman–Crippen LogP) is 1.48. The maximum Gasteiger partial charge on any atom is 0.0534 e. The fourth-order valence-electron chi connectivity index (χ4n) is 2.37. The highest BCUT2D eigenvalue weighted by molar-refractivity contribution is 5.04. The summed E-state index contributed by atoms with van der Waals surface area (Å²) in [5.41, 5.74) is 1.67. The summed E-state index contributed by atoms with van der Waals surface area (Å²) in [6.07, 6.45) is 6.61. The lowest BCUT2D eigenvalue weighted by molar-refractivity contribution is 0.146. The molecule has 0 aliphatic carbocycles. The minimum absolute atomic E-state index is 0.337. The fourth-order valence-corrected chi connectivity index (χ4v) is 2.37. The van der Waals surface area contributed by atoms with Crippen molar-refractivity contribution in [2.45, 2.75) is 45.3 Å². The van der Waals surface area contributed by atoms with E-state index in [-0.39, 0.29) is 0 Å². The van der Waals surface area contributed by atoms with Crippen molar-refractivity contribution in [3.63, 3.8) is 0 Å². The summed E-state index contributed by atoms with van der Waals surface area (Å²) in [7, 11) is 2.07. The van der Waals surface area contributed by atoms with Gasteiger partial charge in [0.2, 0.25) is 0 Å². The Morgan fingerprint density at radius 3 is 2.65 bits per heavy atom. The predicted molar refractivity (Wildman–Crippen MR) is 69.9 cm³/mol. The van der Waals surface area contributed by atoms with Crippen LogP contribution in [0, 0.1) is 0 Å². The van der Waals surface area contributed by atoms with Gasteiger partial charge in [0, 0.05) is 43.5 Å². The van der Waals surface area contributed by atoms with Crippen LogP contribution in [-0.4, -0.2) is 40.4 Å². The summed E-state index contributed by atoms with van der Waals surface area (Å²) < 4.78 is 2.00. The Hall–Kier alpha value is -0.870. The minimum Gasteiger partial charge on any atom is -0.314 e. The third-order valence-electron chi connectivity index (χ3n) is 3.98. The molecule has 4 nitrogen and oxygen atoms in total. The van der Waals surface area contributed by atoms with Crippen molar-refractivity contribution < 1.29 is 0 Å². The number of aryl methyl sites for hydroxylation is 1. The summed E-state index contributed by atoms with van der Waals surface area (Å²) >= 11 is 0. The first-order valence-corrected chi connectivity index (χ1v) is 6.58. The Labute approximate surface area is 104 Å². The fraction of sp³-hybridized carbons (Fsp3) is 0.769. The van der Waals surface area contributed by atoms with Crippen molar-refractivity contribution in [1.82, 2.24) is 20.0 Å². The molecule has 0 bridgehead atoms. The molecule has 17 heavy (non-hydrogen) atoms. The standard InChI is InChI=1S/C13H24N4/c1-4-17-11-12(9-15-17)10-16-7-5-13(2,14-3)6-8-16/h9,11,14H,4-8,10H2,1-3H3. The molecule has 0 radical (unpaired) electrons. The smallest absolute Gasteiger partial charge is 0.0534 e. The van der Waals surface area contributed by atoms with E-state index in [4.69, 9.17) is 0 Å². The lowest BCUT2D eigenvalue weighted by atomic mass is 9.90. The summed E-state index contributed by atoms with van der Waals surface area (Å²) in [5.74, 6) is 0. The number of hydrogen-bond acceptors (Lipinski definition) is 3. The zero-order chi connectivity index (χ0) is 12.3. The molecule has 1 aromatic heterocycles. The second kappa shape index (κ2) is 5.19. The van der Waals surface area contributed by atoms with Gasteiger partial charge in [-0.05, 0) is 33.7 Å². The van der Waals surface area contributed by atoms with E-state index in [1.54, 1.807) is 0 Å². The third kappa shape index (κ3) is 3.07. The number of nitrogens with zero attached hydrogens (tertiary/aromatic N) is 3. The van der Waals surface area contributed by atoms with E-state index in [9.17, 15) is 0 Å². The van der Waals surface area contributed by atoms with Crippen LogP contribution < -0.4 is 5.32 Å². The second-order valence-electron chi connectivity index (χ2n) is 5.29. The van der Waals surface area contributed by atoms with Crippen LogP contribution in [0.15, 0.2) is 12.4 Å². The van der Waals surface area contributed by atoms with Gasteiger partial charge in [-0.3, -0.25) is 9.58 Å². The zero-order valence-corrected chi connectivity index (χ0v) is 11.2. The highest BCUT2D eigenvalue weighted by atomic mass is 15.3. The Bertz CT molecular complexity index is 350. The van der Waals surface area contributed by atoms with E-state index in [0.29, 0.717) is 5.54 Å². The number of piperidine rings is 1. The lowest BCUT2D eigenvalue weighted by Crippen LogP contribution is -2.49. The maximum atomic E-state index is 4.32. The number of likely N-dealkylation sites (tertiary alicyclic amines) is 1. The van der Waals surface area contributed by atoms with Crippen LogP contribution >= 0.6 is 0 Å². The number of hydrogen-bond donors (Lipinski definition) is 1. The number of aromatic nitrogens is 2. The van der Waals surface area contributed by atoms with Gasteiger partial charge in [0.15, 0.2) is 0 Å². The van der Waals surface area contributed by atoms with Gasteiger partial charge in [0.05, 0.1) is 6.20 Å². The van der Waals surface area contributed by atoms with Gasteiger partial charge in [0.25, 0.3) is 0 Å². The molecule has 1 fully saturated rings. The van der Waals surface area contributed by atoms with Crippen molar-refractivity contribution >= 4 is 0 Å². The van der Waals surface area contributed by atoms with Crippen molar-refractivity contribution in [3.8, 4) is 0 Å². The first-order valence-electron chi connectivity index (χ1n) is 6.58. The molecule has 0 unspecified atom stereocenters. The molecule has 0 atom stereocenters. The molecule has 4 heteroatoms. The van der Waals surface area contributed by atoms with Crippen LogP contribution in [0.2, 0.25) is 0 Å². The van der Waals surface area contributed by atoms with Crippen molar-refractivity contribution in [2.75, 3.05) is 20.1 Å². The molecule has 0 saturated carbocycles. The van der Waals surface area contributed by atoms with Crippen LogP contribution in [0.25, 0.3) is 0 Å². The average Bonchev–Trinajstić information content (AvgIpc) is 2.80. The molecule has 1 aliphatic rings. The van der Waals surface area contributed by atoms with Gasteiger partial charge >= 0.3 is 0 Å². The first kappa shape index (κ1) is 12.6. The number of rotatable bonds is 4. The molecular weight excluding hydrogens is 212 g/mol. The quantitative estimate of drug-likeness (QED) is 0.859. The Morgan fingerprint density at radius 1 is 1.41 bits per heavy atom. The van der Waals surface area contributed by atoms with Crippen molar-refractivity contribution in [1.29, 1.82) is 0 Å². The van der Waals surface area contributed by atoms with E-state index < -0.39 is 0 Å². The van der Waals surface area contributed by atoms with E-state index in [2.05, 4.69) is 42.4 Å². The van der Waals surface area contributed by atoms with Gasteiger partial charge in [-0.2, -0.15) is 5.10 Å². The molecule has 1 aromatic rings. The molecule has 96 valence electrons. The van der Waals surface area contributed by atoms with Gasteiger partial charge < -0.3 is 5.32 Å². The lowest BCUT2D eigenvalue weighted by Gasteiger charge is -2.39. The summed E-state index contributed by atoms with van der Waals surface area (Å²) in [6.45, 7) is 8.79. The topological polar surface area (TPSA) is 33.1 Å². The summed E-state index contributed by atoms with van der Waals surface area (Å²) in [5, 5.41) is 7.76. The van der Waals surface area contributed by atoms with Gasteiger partial charge in [-0.1, -0.05) is 0 Å². The summed E-state index contributed by atoms with van der Waals surface area (Å²) in [4.78, 5) is 2.52. The molecular formula is C13H24N4. The third-order valence-corrected chi connectivity index (χ3v) is 3.98. The van der Waals surface area contributed by atoms with Crippen LogP contribution in [0.3, 0.4) is 0 Å². The summed E-state index contributed by atoms with van der Waals surface area (Å²) in [6, 6.07) is 0. The molecule has 1 saturated heterocycles. The Morgan fingerprint density at radius 2 is 2.12 bits per heavy atom. The molecule has 2 rings (SSSR count). The van der Waals surface area contributed by atoms with Crippen LogP contribution in [0.5, 0.6) is 0 Å². The van der Waals surface area contributed by atoms with Crippen LogP contribution in [-0.2, 0) is 13.1 Å². The van der Waals surface area contributed by atoms with E-state index in [0.717, 1.165) is 13.1 Å². The van der Waals surface area contributed by atoms with Crippen molar-refractivity contribution in [3.05, 3.63) is 18.0 Å². The van der Waals surface area contributed by atoms with Gasteiger partial charge in [-0.25, -0.2) is 0 Å². The molecule has 0 aromatic carbocycles. The average molecular weight is 236 g/mol. The monoisotopic (exact) mass is 236 g/mol. The van der Waals surface area contributed by atoms with E-state index >= 15 is 0 Å². The Balaban J connectivity index is 1.85. The van der Waals surface area contributed by atoms with Gasteiger partial charge in [-0.15, -0.1) is 0 Å². The Kier molecular flexibility index (Phi) is 3.84. The minimum atomic E-state index is 0.337.